The predicted octanol–water partition coefficient (Wildman–Crippen LogP) is 4.06. The van der Waals surface area contributed by atoms with Crippen LogP contribution in [0.1, 0.15) is 5.56 Å². The zero-order chi connectivity index (χ0) is 11.9. The van der Waals surface area contributed by atoms with Crippen LogP contribution in [0.4, 0.5) is 13.2 Å². The van der Waals surface area contributed by atoms with Crippen LogP contribution in [0.15, 0.2) is 22.8 Å². The van der Waals surface area contributed by atoms with Crippen molar-refractivity contribution in [1.29, 1.82) is 0 Å². The average Bonchev–Trinajstić information content (AvgIpc) is 2.17. The lowest BCUT2D eigenvalue weighted by Gasteiger charge is -2.08. The van der Waals surface area contributed by atoms with E-state index in [1.807, 2.05) is 0 Å². The fourth-order valence-corrected chi connectivity index (χ4v) is 1.94. The summed E-state index contributed by atoms with van der Waals surface area (Å²) >= 11 is 8.58. The first-order valence-corrected chi connectivity index (χ1v) is 5.24. The average molecular weight is 311 g/mol. The fourth-order valence-electron chi connectivity index (χ4n) is 1.24. The van der Waals surface area contributed by atoms with E-state index < -0.39 is 11.7 Å². The van der Waals surface area contributed by atoms with E-state index in [1.54, 1.807) is 0 Å². The Morgan fingerprint density at radius 3 is 2.56 bits per heavy atom. The minimum absolute atomic E-state index is 0.00652. The summed E-state index contributed by atoms with van der Waals surface area (Å²) in [5.74, 6) is 0. The minimum Gasteiger partial charge on any atom is -0.226 e. The summed E-state index contributed by atoms with van der Waals surface area (Å²) in [4.78, 5) is 7.48. The highest BCUT2D eigenvalue weighted by atomic mass is 79.9. The van der Waals surface area contributed by atoms with E-state index in [9.17, 15) is 13.2 Å². The van der Waals surface area contributed by atoms with Crippen LogP contribution in [0.2, 0.25) is 5.28 Å². The largest absolute Gasteiger partial charge is 0.416 e. The molecule has 2 rings (SSSR count). The van der Waals surface area contributed by atoms with E-state index in [1.165, 1.54) is 6.20 Å². The van der Waals surface area contributed by atoms with Crippen molar-refractivity contribution in [1.82, 2.24) is 9.97 Å². The zero-order valence-corrected chi connectivity index (χ0v) is 9.86. The molecule has 16 heavy (non-hydrogen) atoms. The molecule has 84 valence electrons. The maximum Gasteiger partial charge on any atom is 0.416 e. The topological polar surface area (TPSA) is 25.8 Å². The maximum atomic E-state index is 12.5. The van der Waals surface area contributed by atoms with Crippen molar-refractivity contribution in [3.05, 3.63) is 33.6 Å². The number of aromatic nitrogens is 2. The Morgan fingerprint density at radius 2 is 1.94 bits per heavy atom. The molecule has 0 saturated heterocycles. The summed E-state index contributed by atoms with van der Waals surface area (Å²) in [6.45, 7) is 0. The van der Waals surface area contributed by atoms with Gasteiger partial charge in [-0.15, -0.1) is 0 Å². The summed E-state index contributed by atoms with van der Waals surface area (Å²) in [6, 6.07) is 1.95. The van der Waals surface area contributed by atoms with Gasteiger partial charge in [-0.3, -0.25) is 0 Å². The van der Waals surface area contributed by atoms with E-state index in [0.717, 1.165) is 12.1 Å². The molecule has 2 aromatic rings. The lowest BCUT2D eigenvalue weighted by atomic mass is 10.1. The molecule has 2 nitrogen and oxygen atoms in total. The second-order valence-corrected chi connectivity index (χ2v) is 4.23. The molecule has 0 spiro atoms. The van der Waals surface area contributed by atoms with Crippen LogP contribution in [0.3, 0.4) is 0 Å². The highest BCUT2D eigenvalue weighted by Gasteiger charge is 2.31. The number of rotatable bonds is 0. The van der Waals surface area contributed by atoms with Gasteiger partial charge in [-0.05, 0) is 39.7 Å². The van der Waals surface area contributed by atoms with E-state index >= 15 is 0 Å². The Bertz CT molecular complexity index is 556. The summed E-state index contributed by atoms with van der Waals surface area (Å²) in [5.41, 5.74) is -0.397. The Balaban J connectivity index is 2.74. The molecule has 1 heterocycles. The van der Waals surface area contributed by atoms with Gasteiger partial charge >= 0.3 is 6.18 Å². The van der Waals surface area contributed by atoms with Crippen LogP contribution in [0.5, 0.6) is 0 Å². The van der Waals surface area contributed by atoms with Crippen LogP contribution >= 0.6 is 27.5 Å². The Hall–Kier alpha value is -0.880. The molecule has 0 bridgehead atoms. The molecule has 0 aliphatic heterocycles. The molecular formula is C9H3BrClF3N2. The second-order valence-electron chi connectivity index (χ2n) is 3.03. The SMILES string of the molecule is FC(F)(F)c1cc(Br)c2nc(Cl)ncc2c1. The standard InChI is InChI=1S/C9H3BrClF3N2/c10-6-2-5(9(12,13)14)1-4-3-15-8(11)16-7(4)6/h1-3H. The summed E-state index contributed by atoms with van der Waals surface area (Å²) in [5, 5.41) is 0.277. The van der Waals surface area contributed by atoms with Gasteiger partial charge in [0.2, 0.25) is 5.28 Å². The molecule has 1 aromatic heterocycles. The molecule has 0 fully saturated rings. The molecule has 0 atom stereocenters. The number of benzene rings is 1. The molecule has 0 amide bonds. The third-order valence-electron chi connectivity index (χ3n) is 1.93. The molecule has 1 aromatic carbocycles. The maximum absolute atomic E-state index is 12.5. The molecule has 0 radical (unpaired) electrons. The first-order chi connectivity index (χ1) is 7.38. The normalized spacial score (nSPS) is 12.1. The van der Waals surface area contributed by atoms with Gasteiger partial charge in [0.05, 0.1) is 11.1 Å². The van der Waals surface area contributed by atoms with Gasteiger partial charge in [-0.2, -0.15) is 13.2 Å². The van der Waals surface area contributed by atoms with Gasteiger partial charge < -0.3 is 0 Å². The second kappa shape index (κ2) is 3.85. The molecule has 0 aliphatic carbocycles. The monoisotopic (exact) mass is 310 g/mol. The smallest absolute Gasteiger partial charge is 0.226 e. The summed E-state index contributed by atoms with van der Waals surface area (Å²) in [7, 11) is 0. The highest BCUT2D eigenvalue weighted by Crippen LogP contribution is 2.34. The Kier molecular flexibility index (Phi) is 2.79. The Labute approximate surface area is 102 Å². The van der Waals surface area contributed by atoms with Crippen LogP contribution < -0.4 is 0 Å². The van der Waals surface area contributed by atoms with Gasteiger partial charge in [-0.25, -0.2) is 9.97 Å². The van der Waals surface area contributed by atoms with Gasteiger partial charge in [0, 0.05) is 16.1 Å². The number of nitrogens with zero attached hydrogens (tertiary/aromatic N) is 2. The van der Waals surface area contributed by atoms with Gasteiger partial charge in [-0.1, -0.05) is 0 Å². The molecule has 0 aliphatic rings. The van der Waals surface area contributed by atoms with Crippen molar-refractivity contribution in [2.75, 3.05) is 0 Å². The van der Waals surface area contributed by atoms with Crippen LogP contribution in [0.25, 0.3) is 10.9 Å². The van der Waals surface area contributed by atoms with E-state index in [0.29, 0.717) is 5.52 Å². The quantitative estimate of drug-likeness (QED) is 0.686. The third kappa shape index (κ3) is 2.12. The molecular weight excluding hydrogens is 308 g/mol. The van der Waals surface area contributed by atoms with Crippen molar-refractivity contribution < 1.29 is 13.2 Å². The third-order valence-corrected chi connectivity index (χ3v) is 2.72. The first kappa shape index (κ1) is 11.6. The number of halogens is 5. The van der Waals surface area contributed by atoms with Crippen LogP contribution in [-0.4, -0.2) is 9.97 Å². The van der Waals surface area contributed by atoms with E-state index in [4.69, 9.17) is 11.6 Å². The summed E-state index contributed by atoms with van der Waals surface area (Å²) < 4.78 is 37.7. The number of fused-ring (bicyclic) bond motifs is 1. The molecule has 7 heteroatoms. The van der Waals surface area contributed by atoms with Crippen molar-refractivity contribution in [3.63, 3.8) is 0 Å². The first-order valence-electron chi connectivity index (χ1n) is 4.07. The lowest BCUT2D eigenvalue weighted by Crippen LogP contribution is -2.05. The molecule has 0 unspecified atom stereocenters. The van der Waals surface area contributed by atoms with E-state index in [2.05, 4.69) is 25.9 Å². The van der Waals surface area contributed by atoms with Crippen molar-refractivity contribution in [3.8, 4) is 0 Å². The fraction of sp³-hybridized carbons (Fsp3) is 0.111. The lowest BCUT2D eigenvalue weighted by molar-refractivity contribution is -0.137. The van der Waals surface area contributed by atoms with Crippen LogP contribution in [0, 0.1) is 0 Å². The van der Waals surface area contributed by atoms with E-state index in [-0.39, 0.29) is 15.1 Å². The molecule has 0 saturated carbocycles. The number of hydrogen-bond acceptors (Lipinski definition) is 2. The highest BCUT2D eigenvalue weighted by molar-refractivity contribution is 9.10. The van der Waals surface area contributed by atoms with Gasteiger partial charge in [0.15, 0.2) is 0 Å². The van der Waals surface area contributed by atoms with Crippen molar-refractivity contribution in [2.24, 2.45) is 0 Å². The minimum atomic E-state index is -4.39. The Morgan fingerprint density at radius 1 is 1.25 bits per heavy atom. The van der Waals surface area contributed by atoms with Crippen LogP contribution in [-0.2, 0) is 6.18 Å². The van der Waals surface area contributed by atoms with Crippen molar-refractivity contribution in [2.45, 2.75) is 6.18 Å². The van der Waals surface area contributed by atoms with Gasteiger partial charge in [0.25, 0.3) is 0 Å². The summed E-state index contributed by atoms with van der Waals surface area (Å²) in [6.07, 6.45) is -3.14. The number of alkyl halides is 3. The number of hydrogen-bond donors (Lipinski definition) is 0. The zero-order valence-electron chi connectivity index (χ0n) is 7.52. The van der Waals surface area contributed by atoms with Crippen molar-refractivity contribution >= 4 is 38.4 Å². The predicted molar refractivity (Wildman–Crippen MR) is 57.3 cm³/mol. The van der Waals surface area contributed by atoms with Gasteiger partial charge in [0.1, 0.15) is 0 Å². The molecule has 0 N–H and O–H groups in total.